The fourth-order valence-corrected chi connectivity index (χ4v) is 4.12. The van der Waals surface area contributed by atoms with E-state index in [1.54, 1.807) is 12.3 Å². The molecule has 1 unspecified atom stereocenters. The van der Waals surface area contributed by atoms with Crippen LogP contribution in [0.1, 0.15) is 34.7 Å². The smallest absolute Gasteiger partial charge is 0.379 e. The summed E-state index contributed by atoms with van der Waals surface area (Å²) in [5, 5.41) is 2.92. The van der Waals surface area contributed by atoms with Gasteiger partial charge in [0.15, 0.2) is 0 Å². The number of amides is 1. The Morgan fingerprint density at radius 2 is 2.00 bits per heavy atom. The lowest BCUT2D eigenvalue weighted by atomic mass is 9.91. The van der Waals surface area contributed by atoms with Crippen molar-refractivity contribution < 1.29 is 22.7 Å². The monoisotopic (exact) mass is 460 g/mol. The van der Waals surface area contributed by atoms with Gasteiger partial charge in [-0.05, 0) is 36.2 Å². The number of hydrogen-bond donors (Lipinski definition) is 1. The summed E-state index contributed by atoms with van der Waals surface area (Å²) in [5.41, 5.74) is 2.08. The van der Waals surface area contributed by atoms with Crippen LogP contribution in [-0.2, 0) is 15.7 Å². The fraction of sp³-hybridized carbons (Fsp3) is 0.417. The number of fused-ring (bicyclic) bond motifs is 1. The van der Waals surface area contributed by atoms with Crippen LogP contribution >= 0.6 is 0 Å². The molecule has 0 saturated carbocycles. The number of pyridine rings is 1. The molecular weight excluding hydrogens is 433 g/mol. The Labute approximate surface area is 190 Å². The summed E-state index contributed by atoms with van der Waals surface area (Å²) in [6, 6.07) is 8.99. The van der Waals surface area contributed by atoms with Gasteiger partial charge in [0.05, 0.1) is 24.5 Å². The Morgan fingerprint density at radius 3 is 2.76 bits per heavy atom. The molecule has 0 radical (unpaired) electrons. The van der Waals surface area contributed by atoms with Crippen molar-refractivity contribution in [1.82, 2.24) is 19.6 Å². The van der Waals surface area contributed by atoms with Crippen LogP contribution in [0, 0.1) is 6.92 Å². The van der Waals surface area contributed by atoms with Gasteiger partial charge in [0, 0.05) is 50.9 Å². The molecule has 6 nitrogen and oxygen atoms in total. The van der Waals surface area contributed by atoms with Gasteiger partial charge >= 0.3 is 6.18 Å². The lowest BCUT2D eigenvalue weighted by molar-refractivity contribution is -0.137. The number of alkyl halides is 3. The summed E-state index contributed by atoms with van der Waals surface area (Å²) >= 11 is 0. The van der Waals surface area contributed by atoms with Crippen LogP contribution in [0.15, 0.2) is 48.8 Å². The molecule has 1 N–H and O–H groups in total. The second-order valence-electron chi connectivity index (χ2n) is 8.30. The second kappa shape index (κ2) is 9.93. The van der Waals surface area contributed by atoms with Crippen LogP contribution in [0.5, 0.6) is 0 Å². The lowest BCUT2D eigenvalue weighted by Crippen LogP contribution is -2.41. The number of hydrogen-bond acceptors (Lipinski definition) is 4. The van der Waals surface area contributed by atoms with Gasteiger partial charge < -0.3 is 14.5 Å². The van der Waals surface area contributed by atoms with Crippen LogP contribution < -0.4 is 5.32 Å². The zero-order valence-corrected chi connectivity index (χ0v) is 18.4. The number of carbonyl (C=O) groups is 1. The molecule has 1 aliphatic heterocycles. The first-order valence-corrected chi connectivity index (χ1v) is 11.0. The largest absolute Gasteiger partial charge is 0.416 e. The third-order valence-electron chi connectivity index (χ3n) is 5.91. The van der Waals surface area contributed by atoms with Gasteiger partial charge in [0.1, 0.15) is 5.65 Å². The topological polar surface area (TPSA) is 58.9 Å². The van der Waals surface area contributed by atoms with Gasteiger partial charge in [0.2, 0.25) is 5.91 Å². The summed E-state index contributed by atoms with van der Waals surface area (Å²) in [5.74, 6) is -0.791. The minimum atomic E-state index is -4.46. The molecule has 0 bridgehead atoms. The highest BCUT2D eigenvalue weighted by Gasteiger charge is 2.32. The van der Waals surface area contributed by atoms with Gasteiger partial charge in [-0.3, -0.25) is 9.69 Å². The summed E-state index contributed by atoms with van der Waals surface area (Å²) < 4.78 is 47.3. The summed E-state index contributed by atoms with van der Waals surface area (Å²) in [6.07, 6.45) is -0.964. The average molecular weight is 461 g/mol. The Hall–Kier alpha value is -2.91. The van der Waals surface area contributed by atoms with Crippen molar-refractivity contribution in [3.8, 4) is 0 Å². The SMILES string of the molecule is Cc1ccn2c(C(CC(=O)NCCN3CCOCC3)c3cccc(C(F)(F)F)c3)cnc2c1. The van der Waals surface area contributed by atoms with Crippen molar-refractivity contribution in [2.45, 2.75) is 25.4 Å². The Balaban J connectivity index is 1.57. The van der Waals surface area contributed by atoms with E-state index < -0.39 is 17.7 Å². The minimum absolute atomic E-state index is 0.0199. The summed E-state index contributed by atoms with van der Waals surface area (Å²) in [6.45, 7) is 6.13. The highest BCUT2D eigenvalue weighted by Crippen LogP contribution is 2.34. The number of aromatic nitrogens is 2. The molecule has 1 atom stereocenters. The first-order valence-electron chi connectivity index (χ1n) is 11.0. The van der Waals surface area contributed by atoms with Crippen LogP contribution in [0.4, 0.5) is 13.2 Å². The van der Waals surface area contributed by atoms with Crippen molar-refractivity contribution in [2.75, 3.05) is 39.4 Å². The van der Waals surface area contributed by atoms with Crippen molar-refractivity contribution in [3.05, 3.63) is 71.2 Å². The van der Waals surface area contributed by atoms with Gasteiger partial charge in [-0.2, -0.15) is 13.2 Å². The van der Waals surface area contributed by atoms with Crippen molar-refractivity contribution in [3.63, 3.8) is 0 Å². The lowest BCUT2D eigenvalue weighted by Gasteiger charge is -2.26. The van der Waals surface area contributed by atoms with Gasteiger partial charge in [-0.25, -0.2) is 4.98 Å². The molecular formula is C24H27F3N4O2. The van der Waals surface area contributed by atoms with E-state index in [0.717, 1.165) is 30.8 Å². The maximum Gasteiger partial charge on any atom is 0.416 e. The van der Waals surface area contributed by atoms with Gasteiger partial charge in [-0.1, -0.05) is 18.2 Å². The number of halogens is 3. The first kappa shape index (κ1) is 23.3. The number of nitrogens with one attached hydrogen (secondary N) is 1. The van der Waals surface area contributed by atoms with E-state index in [1.165, 1.54) is 6.07 Å². The number of aryl methyl sites for hydroxylation is 1. The third-order valence-corrected chi connectivity index (χ3v) is 5.91. The highest BCUT2D eigenvalue weighted by atomic mass is 19.4. The van der Waals surface area contributed by atoms with Gasteiger partial charge in [0.25, 0.3) is 0 Å². The maximum absolute atomic E-state index is 13.4. The summed E-state index contributed by atoms with van der Waals surface area (Å²) in [4.78, 5) is 19.5. The highest BCUT2D eigenvalue weighted by molar-refractivity contribution is 5.77. The van der Waals surface area contributed by atoms with Gasteiger partial charge in [-0.15, -0.1) is 0 Å². The zero-order valence-electron chi connectivity index (χ0n) is 18.4. The average Bonchev–Trinajstić information content (AvgIpc) is 3.20. The van der Waals surface area contributed by atoms with E-state index >= 15 is 0 Å². The first-order chi connectivity index (χ1) is 15.8. The number of carbonyl (C=O) groups excluding carboxylic acids is 1. The predicted octanol–water partition coefficient (Wildman–Crippen LogP) is 3.63. The van der Waals surface area contributed by atoms with E-state index in [2.05, 4.69) is 15.2 Å². The Bertz CT molecular complexity index is 1110. The maximum atomic E-state index is 13.4. The standard InChI is InChI=1S/C24H27F3N4O2/c1-17-5-7-31-21(16-29-22(31)13-17)20(18-3-2-4-19(14-18)24(25,26)27)15-23(32)28-6-8-30-9-11-33-12-10-30/h2-5,7,13-14,16,20H,6,8-12,15H2,1H3,(H,28,32). The molecule has 1 aromatic carbocycles. The normalized spacial score (nSPS) is 16.1. The molecule has 1 aliphatic rings. The van der Waals surface area contributed by atoms with E-state index in [9.17, 15) is 18.0 Å². The molecule has 0 aliphatic carbocycles. The van der Waals surface area contributed by atoms with E-state index in [4.69, 9.17) is 4.74 Å². The molecule has 176 valence electrons. The number of imidazole rings is 1. The minimum Gasteiger partial charge on any atom is -0.379 e. The van der Waals surface area contributed by atoms with Crippen LogP contribution in [-0.4, -0.2) is 59.6 Å². The molecule has 9 heteroatoms. The zero-order chi connectivity index (χ0) is 23.4. The molecule has 1 fully saturated rings. The van der Waals surface area contributed by atoms with Crippen LogP contribution in [0.3, 0.4) is 0 Å². The van der Waals surface area contributed by atoms with Crippen LogP contribution in [0.2, 0.25) is 0 Å². The van der Waals surface area contributed by atoms with Crippen molar-refractivity contribution in [1.29, 1.82) is 0 Å². The van der Waals surface area contributed by atoms with Crippen molar-refractivity contribution >= 4 is 11.6 Å². The number of nitrogens with zero attached hydrogens (tertiary/aromatic N) is 3. The van der Waals surface area contributed by atoms with E-state index in [0.29, 0.717) is 43.2 Å². The molecule has 1 saturated heterocycles. The molecule has 3 heterocycles. The predicted molar refractivity (Wildman–Crippen MR) is 118 cm³/mol. The quantitative estimate of drug-likeness (QED) is 0.585. The molecule has 4 rings (SSSR count). The molecule has 1 amide bonds. The van der Waals surface area contributed by atoms with E-state index in [-0.39, 0.29) is 12.3 Å². The molecule has 2 aromatic heterocycles. The number of morpholine rings is 1. The second-order valence-corrected chi connectivity index (χ2v) is 8.30. The summed E-state index contributed by atoms with van der Waals surface area (Å²) in [7, 11) is 0. The number of benzene rings is 1. The Morgan fingerprint density at radius 1 is 1.21 bits per heavy atom. The fourth-order valence-electron chi connectivity index (χ4n) is 4.12. The van der Waals surface area contributed by atoms with Crippen LogP contribution in [0.25, 0.3) is 5.65 Å². The molecule has 0 spiro atoms. The molecule has 3 aromatic rings. The van der Waals surface area contributed by atoms with E-state index in [1.807, 2.05) is 29.7 Å². The van der Waals surface area contributed by atoms with Crippen molar-refractivity contribution in [2.24, 2.45) is 0 Å². The molecule has 33 heavy (non-hydrogen) atoms. The number of ether oxygens (including phenoxy) is 1. The Kier molecular flexibility index (Phi) is 6.99. The third kappa shape index (κ3) is 5.72. The number of rotatable bonds is 7.